The van der Waals surface area contributed by atoms with Crippen molar-refractivity contribution in [3.8, 4) is 0 Å². The van der Waals surface area contributed by atoms with Crippen molar-refractivity contribution in [2.75, 3.05) is 0 Å². The van der Waals surface area contributed by atoms with E-state index in [0.29, 0.717) is 0 Å². The summed E-state index contributed by atoms with van der Waals surface area (Å²) in [5, 5.41) is 0. The van der Waals surface area contributed by atoms with E-state index in [9.17, 15) is 0 Å². The summed E-state index contributed by atoms with van der Waals surface area (Å²) in [5.41, 5.74) is 0. The first-order valence-corrected chi connectivity index (χ1v) is 6.40. The van der Waals surface area contributed by atoms with Gasteiger partial charge in [0, 0.05) is 0 Å². The Hall–Kier alpha value is -0.546. The van der Waals surface area contributed by atoms with Gasteiger partial charge in [-0.15, -0.1) is 0 Å². The molecular formula is C16H22Ni. The van der Waals surface area contributed by atoms with Crippen LogP contribution in [0.2, 0.25) is 0 Å². The number of allylic oxidation sites excluding steroid dienone is 8. The van der Waals surface area contributed by atoms with E-state index in [-0.39, 0.29) is 16.5 Å². The van der Waals surface area contributed by atoms with Gasteiger partial charge in [0.2, 0.25) is 0 Å². The third-order valence-corrected chi connectivity index (χ3v) is 2.51. The van der Waals surface area contributed by atoms with Gasteiger partial charge in [-0.2, -0.15) is 12.8 Å². The van der Waals surface area contributed by atoms with Crippen molar-refractivity contribution in [1.29, 1.82) is 0 Å². The first-order chi connectivity index (χ1) is 8.00. The number of hydrogen-bond acceptors (Lipinski definition) is 0. The monoisotopic (exact) mass is 272 g/mol. The van der Waals surface area contributed by atoms with E-state index in [1.165, 1.54) is 25.7 Å². The molecule has 0 saturated carbocycles. The smallest absolute Gasteiger partial charge is 0.500 e. The van der Waals surface area contributed by atoms with E-state index in [2.05, 4.69) is 48.6 Å². The predicted molar refractivity (Wildman–Crippen MR) is 70.8 cm³/mol. The molecule has 0 nitrogen and oxygen atoms in total. The van der Waals surface area contributed by atoms with E-state index in [4.69, 9.17) is 0 Å². The van der Waals surface area contributed by atoms with Crippen LogP contribution in [0.3, 0.4) is 0 Å². The molecule has 96 valence electrons. The minimum atomic E-state index is 0. The van der Waals surface area contributed by atoms with Crippen LogP contribution in [0, 0.1) is 12.2 Å². The molecule has 2 aliphatic carbocycles. The summed E-state index contributed by atoms with van der Waals surface area (Å²) in [6.07, 6.45) is 29.0. The van der Waals surface area contributed by atoms with Crippen molar-refractivity contribution >= 4 is 0 Å². The van der Waals surface area contributed by atoms with Gasteiger partial charge < -0.3 is 12.2 Å². The minimum absolute atomic E-state index is 0. The van der Waals surface area contributed by atoms with E-state index in [0.717, 1.165) is 25.7 Å². The minimum Gasteiger partial charge on any atom is -0.500 e. The zero-order valence-corrected chi connectivity index (χ0v) is 11.4. The average Bonchev–Trinajstić information content (AvgIpc) is 2.15. The fourth-order valence-electron chi connectivity index (χ4n) is 1.58. The summed E-state index contributed by atoms with van der Waals surface area (Å²) in [4.78, 5) is 0. The molecule has 0 bridgehead atoms. The fraction of sp³-hybridized carbons (Fsp3) is 0.500. The Balaban J connectivity index is 0.000000284. The Kier molecular flexibility index (Phi) is 13.1. The quantitative estimate of drug-likeness (QED) is 0.333. The number of rotatable bonds is 0. The van der Waals surface area contributed by atoms with Crippen LogP contribution in [0.15, 0.2) is 36.5 Å². The van der Waals surface area contributed by atoms with Crippen LogP contribution in [0.5, 0.6) is 0 Å². The SMILES string of the molecule is [C-]1=CCC=CCCC1.[C-]1=CCC=CCCC1.[Ni+2]. The molecular weight excluding hydrogens is 251 g/mol. The molecule has 0 spiro atoms. The summed E-state index contributed by atoms with van der Waals surface area (Å²) in [5.74, 6) is 0. The van der Waals surface area contributed by atoms with Crippen molar-refractivity contribution in [2.45, 2.75) is 51.4 Å². The van der Waals surface area contributed by atoms with Gasteiger partial charge in [0.1, 0.15) is 0 Å². The van der Waals surface area contributed by atoms with Gasteiger partial charge in [0.25, 0.3) is 0 Å². The maximum Gasteiger partial charge on any atom is 2.00 e. The van der Waals surface area contributed by atoms with Crippen molar-refractivity contribution in [1.82, 2.24) is 0 Å². The Morgan fingerprint density at radius 3 is 1.59 bits per heavy atom. The van der Waals surface area contributed by atoms with Gasteiger partial charge in [-0.1, -0.05) is 37.1 Å². The molecule has 0 aromatic carbocycles. The summed E-state index contributed by atoms with van der Waals surface area (Å²) in [7, 11) is 0. The van der Waals surface area contributed by atoms with Crippen LogP contribution in [-0.2, 0) is 16.5 Å². The molecule has 0 aromatic rings. The van der Waals surface area contributed by atoms with Crippen LogP contribution >= 0.6 is 0 Å². The molecule has 17 heavy (non-hydrogen) atoms. The van der Waals surface area contributed by atoms with E-state index < -0.39 is 0 Å². The third-order valence-electron chi connectivity index (χ3n) is 2.51. The zero-order chi connectivity index (χ0) is 11.3. The van der Waals surface area contributed by atoms with Crippen LogP contribution in [0.1, 0.15) is 51.4 Å². The van der Waals surface area contributed by atoms with Gasteiger partial charge in [-0.3, -0.25) is 12.2 Å². The maximum absolute atomic E-state index is 3.21. The Labute approximate surface area is 116 Å². The van der Waals surface area contributed by atoms with Crippen molar-refractivity contribution in [3.63, 3.8) is 0 Å². The third kappa shape index (κ3) is 11.7. The second-order valence-electron chi connectivity index (χ2n) is 4.02. The molecule has 0 heterocycles. The van der Waals surface area contributed by atoms with E-state index in [1.54, 1.807) is 0 Å². The number of hydrogen-bond donors (Lipinski definition) is 0. The van der Waals surface area contributed by atoms with E-state index in [1.807, 2.05) is 0 Å². The molecule has 1 heteroatoms. The second-order valence-corrected chi connectivity index (χ2v) is 4.02. The maximum atomic E-state index is 3.21. The Morgan fingerprint density at radius 1 is 0.647 bits per heavy atom. The summed E-state index contributed by atoms with van der Waals surface area (Å²) in [6, 6.07) is 0. The summed E-state index contributed by atoms with van der Waals surface area (Å²) < 4.78 is 0. The zero-order valence-electron chi connectivity index (χ0n) is 10.4. The molecule has 0 N–H and O–H groups in total. The molecule has 0 amide bonds. The van der Waals surface area contributed by atoms with Gasteiger partial charge >= 0.3 is 16.5 Å². The normalized spacial score (nSPS) is 18.8. The molecule has 0 fully saturated rings. The molecule has 2 rings (SSSR count). The molecule has 0 aliphatic heterocycles. The van der Waals surface area contributed by atoms with Crippen LogP contribution in [-0.4, -0.2) is 0 Å². The first kappa shape index (κ1) is 16.5. The molecule has 0 radical (unpaired) electrons. The van der Waals surface area contributed by atoms with Gasteiger partial charge in [0.05, 0.1) is 0 Å². The van der Waals surface area contributed by atoms with Crippen LogP contribution in [0.4, 0.5) is 0 Å². The topological polar surface area (TPSA) is 0 Å². The van der Waals surface area contributed by atoms with Crippen LogP contribution < -0.4 is 0 Å². The van der Waals surface area contributed by atoms with Gasteiger partial charge in [-0.05, 0) is 25.7 Å². The largest absolute Gasteiger partial charge is 2.00 e. The molecule has 0 unspecified atom stereocenters. The summed E-state index contributed by atoms with van der Waals surface area (Å²) >= 11 is 0. The molecule has 0 saturated heterocycles. The molecule has 2 aliphatic rings. The van der Waals surface area contributed by atoms with Gasteiger partial charge in [-0.25, -0.2) is 0 Å². The Bertz CT molecular complexity index is 207. The van der Waals surface area contributed by atoms with Crippen molar-refractivity contribution < 1.29 is 16.5 Å². The molecule has 0 aromatic heterocycles. The summed E-state index contributed by atoms with van der Waals surface area (Å²) in [6.45, 7) is 0. The van der Waals surface area contributed by atoms with Gasteiger partial charge in [0.15, 0.2) is 0 Å². The molecule has 0 atom stereocenters. The average molecular weight is 273 g/mol. The van der Waals surface area contributed by atoms with Crippen LogP contribution in [0.25, 0.3) is 0 Å². The van der Waals surface area contributed by atoms with Crippen molar-refractivity contribution in [2.24, 2.45) is 0 Å². The second kappa shape index (κ2) is 13.5. The predicted octanol–water partition coefficient (Wildman–Crippen LogP) is 4.95. The fourth-order valence-corrected chi connectivity index (χ4v) is 1.58. The first-order valence-electron chi connectivity index (χ1n) is 6.40. The Morgan fingerprint density at radius 2 is 1.12 bits per heavy atom. The van der Waals surface area contributed by atoms with Crippen molar-refractivity contribution in [3.05, 3.63) is 48.6 Å². The van der Waals surface area contributed by atoms with E-state index >= 15 is 0 Å². The standard InChI is InChI=1S/2C8H11.Ni/c2*1-2-4-6-8-7-5-3-1;/h2*1-2,5H,3-4,6,8H2;/q2*-1;+2.